The Morgan fingerprint density at radius 2 is 0.690 bits per heavy atom. The number of nitro benzene ring substituents is 1. The van der Waals surface area contributed by atoms with E-state index in [1.54, 1.807) is 53.9 Å². The van der Waals surface area contributed by atoms with Gasteiger partial charge in [0.15, 0.2) is 0 Å². The van der Waals surface area contributed by atoms with Crippen LogP contribution in [-0.2, 0) is 6.18 Å². The first-order valence-electron chi connectivity index (χ1n) is 23.2. The van der Waals surface area contributed by atoms with Crippen LogP contribution in [0.4, 0.5) is 64.4 Å². The number of para-hydroxylation sites is 5. The second-order valence-electron chi connectivity index (χ2n) is 16.8. The largest absolute Gasteiger partial charge is 0.419 e. The Labute approximate surface area is 578 Å². The molecule has 84 heavy (non-hydrogen) atoms. The lowest BCUT2D eigenvalue weighted by atomic mass is 10.1. The van der Waals surface area contributed by atoms with Crippen molar-refractivity contribution in [1.82, 2.24) is 0 Å². The summed E-state index contributed by atoms with van der Waals surface area (Å²) in [5.74, 6) is 0. The molecular weight excluding hydrogens is 1510 g/mol. The van der Waals surface area contributed by atoms with E-state index in [2.05, 4.69) is 39.5 Å². The fourth-order valence-electron chi connectivity index (χ4n) is 7.93. The number of fused-ring (bicyclic) bond motifs is 8. The molecule has 0 aliphatic carbocycles. The number of thioether (sulfide) groups is 4. The van der Waals surface area contributed by atoms with Gasteiger partial charge in [-0.05, 0) is 97.1 Å². The van der Waals surface area contributed by atoms with Crippen LogP contribution < -0.4 is 21.3 Å². The normalized spacial score (nSPS) is 13.5. The van der Waals surface area contributed by atoms with Gasteiger partial charge >= 0.3 is 11.9 Å². The third-order valence-electron chi connectivity index (χ3n) is 11.1. The van der Waals surface area contributed by atoms with Crippen LogP contribution in [0.3, 0.4) is 0 Å². The molecule has 4 heterocycles. The molecule has 12 rings (SSSR count). The number of hydrogen-bond donors (Lipinski definition) is 4. The highest BCUT2D eigenvalue weighted by Crippen LogP contribution is 2.58. The highest BCUT2D eigenvalue weighted by molar-refractivity contribution is 8.06. The second kappa shape index (κ2) is 28.1. The van der Waals surface area contributed by atoms with E-state index in [1.165, 1.54) is 46.2 Å². The molecule has 0 unspecified atom stereocenters. The van der Waals surface area contributed by atoms with Crippen LogP contribution in [0.25, 0.3) is 0 Å². The molecule has 0 amide bonds. The van der Waals surface area contributed by atoms with E-state index in [9.17, 15) is 23.3 Å². The fraction of sp³-hybridized carbons (Fsp3) is 0.0943. The van der Waals surface area contributed by atoms with Gasteiger partial charge in [-0.15, -0.1) is 0 Å². The Balaban J connectivity index is 0.000000135. The lowest BCUT2D eigenvalue weighted by Gasteiger charge is -2.26. The standard InChI is InChI=1S/C14H7Cl3F3NS2.C13H7Cl4NS2.C13H7Cl3N2O2S2.C13H8Cl3NS2/c15-14(16,17)23-9-5-6-10-12(11(9)13(18,19)20)21-7-3-1-2-4-8(7)22-10;14-11-9(20-13(15,16)17)5-6-10-12(11)18-7-3-1-2-4-8(7)19-10;14-13(15,16)22-10-6-5-9-11(12(10)18(19)20)17-7-3-1-2-4-8(7)21-9;14-13(15,16)19-11-7-3-6-10-12(11)17-8-4-1-2-5-9(8)18-10/h1-6,21H;1-6,18H;1-6,17H;1-7,17H. The maximum absolute atomic E-state index is 13.6. The van der Waals surface area contributed by atoms with Crippen LogP contribution in [0, 0.1) is 10.1 Å². The Hall–Kier alpha value is -1.28. The molecule has 4 aliphatic heterocycles. The van der Waals surface area contributed by atoms with E-state index in [4.69, 9.17) is 151 Å². The summed E-state index contributed by atoms with van der Waals surface area (Å²) in [6.07, 6.45) is -4.58. The van der Waals surface area contributed by atoms with Crippen molar-refractivity contribution in [3.63, 3.8) is 0 Å². The number of anilines is 8. The molecule has 438 valence electrons. The summed E-state index contributed by atoms with van der Waals surface area (Å²) in [6, 6.07) is 47.1. The van der Waals surface area contributed by atoms with Crippen molar-refractivity contribution in [2.24, 2.45) is 0 Å². The SMILES string of the molecule is ClC(Cl)(Cl)Sc1cccc2c1Nc1ccccc1S2.Clc1c(SC(Cl)(Cl)Cl)ccc2c1Nc1ccccc1S2.FC(F)(F)c1c(SC(Cl)(Cl)Cl)ccc2c1Nc1ccccc1S2.O=[N+]([O-])c1c(SC(Cl)(Cl)Cl)ccc2c1Nc1ccccc1S2. The Kier molecular flexibility index (Phi) is 22.4. The predicted octanol–water partition coefficient (Wildman–Crippen LogP) is 26.8. The molecule has 0 fully saturated rings. The highest BCUT2D eigenvalue weighted by Gasteiger charge is 2.41. The fourth-order valence-corrected chi connectivity index (χ4v) is 18.0. The minimum atomic E-state index is -4.58. The van der Waals surface area contributed by atoms with Crippen molar-refractivity contribution in [1.29, 1.82) is 0 Å². The number of nitrogens with one attached hydrogen (secondary N) is 4. The van der Waals surface area contributed by atoms with E-state index >= 15 is 0 Å². The molecule has 0 saturated heterocycles. The van der Waals surface area contributed by atoms with Gasteiger partial charge < -0.3 is 21.3 Å². The molecule has 0 atom stereocenters. The van der Waals surface area contributed by atoms with E-state index < -0.39 is 29.2 Å². The van der Waals surface area contributed by atoms with Crippen LogP contribution >= 0.6 is 245 Å². The maximum Gasteiger partial charge on any atom is 0.419 e. The summed E-state index contributed by atoms with van der Waals surface area (Å²) in [5, 5.41) is 24.8. The van der Waals surface area contributed by atoms with E-state index in [-0.39, 0.29) is 16.3 Å². The minimum Gasteiger partial charge on any atom is -0.353 e. The molecule has 0 radical (unpaired) electrons. The monoisotopic (exact) mass is 1530 g/mol. The average Bonchev–Trinajstić information content (AvgIpc) is 1.99. The van der Waals surface area contributed by atoms with Crippen molar-refractivity contribution in [2.75, 3.05) is 21.3 Å². The Morgan fingerprint density at radius 1 is 0.369 bits per heavy atom. The van der Waals surface area contributed by atoms with Gasteiger partial charge in [-0.2, -0.15) is 13.2 Å². The van der Waals surface area contributed by atoms with Gasteiger partial charge in [0.05, 0.1) is 60.2 Å². The zero-order chi connectivity index (χ0) is 60.5. The summed E-state index contributed by atoms with van der Waals surface area (Å²) in [5.41, 5.74) is 4.90. The van der Waals surface area contributed by atoms with Gasteiger partial charge in [-0.3, -0.25) is 10.1 Å². The van der Waals surface area contributed by atoms with E-state index in [0.717, 1.165) is 91.1 Å². The third-order valence-corrected chi connectivity index (χ3v) is 22.1. The topological polar surface area (TPSA) is 91.3 Å². The second-order valence-corrected chi connectivity index (χ2v) is 38.4. The summed E-state index contributed by atoms with van der Waals surface area (Å²) in [7, 11) is 0. The van der Waals surface area contributed by atoms with Crippen LogP contribution in [0.1, 0.15) is 5.56 Å². The van der Waals surface area contributed by atoms with Crippen molar-refractivity contribution in [3.8, 4) is 0 Å². The predicted molar refractivity (Wildman–Crippen MR) is 362 cm³/mol. The average molecular weight is 1540 g/mol. The molecule has 8 aromatic rings. The molecule has 31 heteroatoms. The van der Waals surface area contributed by atoms with E-state index in [0.29, 0.717) is 38.0 Å². The van der Waals surface area contributed by atoms with Gasteiger partial charge in [-0.1, -0.05) is 300 Å². The molecule has 0 spiro atoms. The van der Waals surface area contributed by atoms with Crippen molar-refractivity contribution in [2.45, 2.75) is 77.4 Å². The van der Waals surface area contributed by atoms with Gasteiger partial charge in [0, 0.05) is 53.9 Å². The first-order valence-corrected chi connectivity index (χ1v) is 34.6. The number of alkyl halides is 15. The molecular formula is C53H29Cl13F3N5O2S8. The van der Waals surface area contributed by atoms with Crippen molar-refractivity contribution >= 4 is 296 Å². The maximum atomic E-state index is 13.6. The molecule has 4 aliphatic rings. The lowest BCUT2D eigenvalue weighted by Crippen LogP contribution is -2.14. The van der Waals surface area contributed by atoms with Gasteiger partial charge in [-0.25, -0.2) is 0 Å². The summed E-state index contributed by atoms with van der Waals surface area (Å²) in [6.45, 7) is 0. The van der Waals surface area contributed by atoms with Crippen LogP contribution in [0.15, 0.2) is 210 Å². The molecule has 4 N–H and O–H groups in total. The first kappa shape index (κ1) is 67.1. The highest BCUT2D eigenvalue weighted by atomic mass is 35.6. The Bertz CT molecular complexity index is 3800. The molecule has 0 aromatic heterocycles. The molecule has 0 saturated carbocycles. The van der Waals surface area contributed by atoms with Crippen molar-refractivity contribution < 1.29 is 18.1 Å². The summed E-state index contributed by atoms with van der Waals surface area (Å²) in [4.78, 5) is 20.5. The van der Waals surface area contributed by atoms with Gasteiger partial charge in [0.25, 0.3) is 0 Å². The minimum absolute atomic E-state index is 0.0135. The van der Waals surface area contributed by atoms with Crippen LogP contribution in [0.5, 0.6) is 0 Å². The van der Waals surface area contributed by atoms with Gasteiger partial charge in [0.2, 0.25) is 12.5 Å². The van der Waals surface area contributed by atoms with Crippen molar-refractivity contribution in [3.05, 3.63) is 172 Å². The number of rotatable bonds is 5. The smallest absolute Gasteiger partial charge is 0.353 e. The number of nitro groups is 1. The summed E-state index contributed by atoms with van der Waals surface area (Å²) < 4.78 is 34.4. The molecule has 7 nitrogen and oxygen atoms in total. The van der Waals surface area contributed by atoms with Crippen LogP contribution in [0.2, 0.25) is 5.02 Å². The Morgan fingerprint density at radius 3 is 1.13 bits per heavy atom. The number of nitrogens with zero attached hydrogens (tertiary/aromatic N) is 1. The van der Waals surface area contributed by atoms with Crippen LogP contribution in [-0.4, -0.2) is 17.4 Å². The number of hydrogen-bond acceptors (Lipinski definition) is 14. The lowest BCUT2D eigenvalue weighted by molar-refractivity contribution is -0.386. The van der Waals surface area contributed by atoms with E-state index in [1.807, 2.05) is 97.1 Å². The quantitative estimate of drug-likeness (QED) is 0.0570. The van der Waals surface area contributed by atoms with Gasteiger partial charge in [0.1, 0.15) is 5.69 Å². The first-order chi connectivity index (χ1) is 39.5. The molecule has 0 bridgehead atoms. The third kappa shape index (κ3) is 17.8. The summed E-state index contributed by atoms with van der Waals surface area (Å²) >= 11 is 85.5. The zero-order valence-corrected chi connectivity index (χ0v) is 57.4. The number of benzene rings is 8. The molecule has 8 aromatic carbocycles. The number of halogens is 16. The zero-order valence-electron chi connectivity index (χ0n) is 41.0.